The van der Waals surface area contributed by atoms with Gasteiger partial charge in [-0.1, -0.05) is 0 Å². The zero-order valence-electron chi connectivity index (χ0n) is 24.5. The van der Waals surface area contributed by atoms with E-state index in [1.165, 1.54) is 0 Å². The number of piperidine rings is 1. The van der Waals surface area contributed by atoms with Crippen molar-refractivity contribution < 1.29 is 19.0 Å². The van der Waals surface area contributed by atoms with Gasteiger partial charge in [0.05, 0.1) is 36.6 Å². The Hall–Kier alpha value is -3.88. The van der Waals surface area contributed by atoms with E-state index in [1.807, 2.05) is 52.2 Å². The van der Waals surface area contributed by atoms with Gasteiger partial charge >= 0.3 is 6.09 Å². The maximum absolute atomic E-state index is 12.5. The van der Waals surface area contributed by atoms with E-state index in [4.69, 9.17) is 19.2 Å². The van der Waals surface area contributed by atoms with Crippen molar-refractivity contribution in [2.75, 3.05) is 51.3 Å². The van der Waals surface area contributed by atoms with Crippen molar-refractivity contribution in [3.8, 4) is 22.9 Å². The highest BCUT2D eigenvalue weighted by Gasteiger charge is 2.30. The molecule has 0 aromatic carbocycles. The average Bonchev–Trinajstić information content (AvgIpc) is 3.39. The van der Waals surface area contributed by atoms with Crippen molar-refractivity contribution >= 4 is 17.4 Å². The molecule has 11 nitrogen and oxygen atoms in total. The van der Waals surface area contributed by atoms with Gasteiger partial charge in [0.2, 0.25) is 0 Å². The molecule has 11 heteroatoms. The number of amides is 1. The molecule has 0 radical (unpaired) electrons. The highest BCUT2D eigenvalue weighted by Crippen LogP contribution is 2.32. The zero-order valence-corrected chi connectivity index (χ0v) is 24.5. The molecule has 2 aliphatic heterocycles. The number of anilines is 1. The standard InChI is InChI=1S/C30H39N7O4/c1-29(2,3)41-28(38)36-12-13-39-24(18-36)20-40-23-14-25(27-22(15-31)17-34-37(27)19-23)21-6-7-26(33-16-21)35-10-8-30(4,32-5)9-11-35/h6-7,14,16-17,19,24,32H,8-13,18,20H2,1-5H3. The lowest BCUT2D eigenvalue weighted by atomic mass is 9.90. The number of ether oxygens (including phenoxy) is 3. The summed E-state index contributed by atoms with van der Waals surface area (Å²) in [6.07, 6.45) is 6.59. The Labute approximate surface area is 241 Å². The van der Waals surface area contributed by atoms with Gasteiger partial charge in [0.1, 0.15) is 35.9 Å². The first kappa shape index (κ1) is 28.6. The monoisotopic (exact) mass is 561 g/mol. The topological polar surface area (TPSA) is 117 Å². The van der Waals surface area contributed by atoms with Crippen LogP contribution < -0.4 is 15.0 Å². The quantitative estimate of drug-likeness (QED) is 0.479. The van der Waals surface area contributed by atoms with Crippen LogP contribution in [0, 0.1) is 11.3 Å². The second kappa shape index (κ2) is 11.5. The Balaban J connectivity index is 1.32. The number of nitrogens with zero attached hydrogens (tertiary/aromatic N) is 6. The van der Waals surface area contributed by atoms with E-state index in [1.54, 1.807) is 21.8 Å². The summed E-state index contributed by atoms with van der Waals surface area (Å²) >= 11 is 0. The summed E-state index contributed by atoms with van der Waals surface area (Å²) in [7, 11) is 2.02. The van der Waals surface area contributed by atoms with Crippen LogP contribution in [0.15, 0.2) is 36.8 Å². The van der Waals surface area contributed by atoms with Crippen LogP contribution in [0.25, 0.3) is 16.6 Å². The summed E-state index contributed by atoms with van der Waals surface area (Å²) < 4.78 is 19.2. The molecular formula is C30H39N7O4. The lowest BCUT2D eigenvalue weighted by molar-refractivity contribution is -0.0557. The van der Waals surface area contributed by atoms with Crippen molar-refractivity contribution in [2.45, 2.75) is 57.8 Å². The fraction of sp³-hybridized carbons (Fsp3) is 0.533. The van der Waals surface area contributed by atoms with Crippen molar-refractivity contribution in [2.24, 2.45) is 0 Å². The van der Waals surface area contributed by atoms with Gasteiger partial charge in [-0.2, -0.15) is 10.4 Å². The van der Waals surface area contributed by atoms with E-state index in [0.29, 0.717) is 36.5 Å². The molecule has 2 saturated heterocycles. The van der Waals surface area contributed by atoms with Gasteiger partial charge in [0, 0.05) is 42.5 Å². The number of morpholine rings is 1. The Morgan fingerprint density at radius 1 is 1.24 bits per heavy atom. The molecule has 0 spiro atoms. The molecule has 41 heavy (non-hydrogen) atoms. The molecular weight excluding hydrogens is 522 g/mol. The van der Waals surface area contributed by atoms with E-state index in [-0.39, 0.29) is 24.3 Å². The van der Waals surface area contributed by atoms with Gasteiger partial charge in [0.25, 0.3) is 0 Å². The van der Waals surface area contributed by atoms with Crippen LogP contribution in [0.3, 0.4) is 0 Å². The predicted molar refractivity (Wildman–Crippen MR) is 155 cm³/mol. The summed E-state index contributed by atoms with van der Waals surface area (Å²) in [4.78, 5) is 21.3. The Morgan fingerprint density at radius 2 is 2.02 bits per heavy atom. The molecule has 1 unspecified atom stereocenters. The van der Waals surface area contributed by atoms with Crippen LogP contribution in [-0.2, 0) is 9.47 Å². The molecule has 0 aliphatic carbocycles. The molecule has 2 fully saturated rings. The van der Waals surface area contributed by atoms with Crippen LogP contribution in [0.4, 0.5) is 10.6 Å². The van der Waals surface area contributed by atoms with Crippen LogP contribution in [0.5, 0.6) is 5.75 Å². The maximum Gasteiger partial charge on any atom is 0.410 e. The number of fused-ring (bicyclic) bond motifs is 1. The summed E-state index contributed by atoms with van der Waals surface area (Å²) in [5.74, 6) is 1.51. The van der Waals surface area contributed by atoms with Gasteiger partial charge in [-0.05, 0) is 65.8 Å². The largest absolute Gasteiger partial charge is 0.489 e. The number of hydrogen-bond donors (Lipinski definition) is 1. The number of aromatic nitrogens is 3. The second-order valence-corrected chi connectivity index (χ2v) is 12.0. The fourth-order valence-corrected chi connectivity index (χ4v) is 5.19. The smallest absolute Gasteiger partial charge is 0.410 e. The lowest BCUT2D eigenvalue weighted by Crippen LogP contribution is -2.50. The van der Waals surface area contributed by atoms with Crippen LogP contribution in [0.1, 0.15) is 46.1 Å². The minimum atomic E-state index is -0.561. The summed E-state index contributed by atoms with van der Waals surface area (Å²) in [6, 6.07) is 8.21. The Kier molecular flexibility index (Phi) is 8.07. The van der Waals surface area contributed by atoms with Crippen molar-refractivity contribution in [1.82, 2.24) is 24.8 Å². The first-order valence-corrected chi connectivity index (χ1v) is 14.1. The highest BCUT2D eigenvalue weighted by atomic mass is 16.6. The number of nitrogens with one attached hydrogen (secondary N) is 1. The summed E-state index contributed by atoms with van der Waals surface area (Å²) in [5, 5.41) is 17.6. The molecule has 1 atom stereocenters. The van der Waals surface area contributed by atoms with E-state index in [9.17, 15) is 10.1 Å². The van der Waals surface area contributed by atoms with Crippen LogP contribution in [0.2, 0.25) is 0 Å². The molecule has 5 heterocycles. The van der Waals surface area contributed by atoms with Gasteiger partial charge < -0.3 is 29.3 Å². The normalized spacial score (nSPS) is 19.2. The molecule has 1 N–H and O–H groups in total. The first-order valence-electron chi connectivity index (χ1n) is 14.1. The molecule has 0 bridgehead atoms. The van der Waals surface area contributed by atoms with Crippen molar-refractivity contribution in [1.29, 1.82) is 5.26 Å². The maximum atomic E-state index is 12.5. The number of pyridine rings is 2. The Bertz CT molecular complexity index is 1420. The zero-order chi connectivity index (χ0) is 29.2. The fourth-order valence-electron chi connectivity index (χ4n) is 5.19. The van der Waals surface area contributed by atoms with Gasteiger partial charge in [-0.3, -0.25) is 0 Å². The van der Waals surface area contributed by atoms with Gasteiger partial charge in [-0.25, -0.2) is 14.3 Å². The third-order valence-electron chi connectivity index (χ3n) is 7.79. The molecule has 1 amide bonds. The third kappa shape index (κ3) is 6.55. The number of carbonyl (C=O) groups is 1. The average molecular weight is 562 g/mol. The minimum Gasteiger partial charge on any atom is -0.489 e. The number of hydrogen-bond acceptors (Lipinski definition) is 9. The molecule has 218 valence electrons. The lowest BCUT2D eigenvalue weighted by Gasteiger charge is -2.39. The number of carbonyl (C=O) groups excluding carboxylic acids is 1. The van der Waals surface area contributed by atoms with Crippen molar-refractivity contribution in [3.63, 3.8) is 0 Å². The van der Waals surface area contributed by atoms with Crippen LogP contribution >= 0.6 is 0 Å². The second-order valence-electron chi connectivity index (χ2n) is 12.0. The first-order chi connectivity index (χ1) is 19.6. The third-order valence-corrected chi connectivity index (χ3v) is 7.79. The van der Waals surface area contributed by atoms with E-state index < -0.39 is 5.60 Å². The molecule has 2 aliphatic rings. The Morgan fingerprint density at radius 3 is 2.68 bits per heavy atom. The summed E-state index contributed by atoms with van der Waals surface area (Å²) in [6.45, 7) is 11.2. The summed E-state index contributed by atoms with van der Waals surface area (Å²) in [5.41, 5.74) is 2.44. The van der Waals surface area contributed by atoms with Crippen molar-refractivity contribution in [3.05, 3.63) is 42.4 Å². The van der Waals surface area contributed by atoms with Gasteiger partial charge in [0.15, 0.2) is 0 Å². The van der Waals surface area contributed by atoms with Gasteiger partial charge in [-0.15, -0.1) is 0 Å². The highest BCUT2D eigenvalue weighted by molar-refractivity contribution is 5.85. The molecule has 3 aromatic heterocycles. The number of nitriles is 1. The number of rotatable bonds is 6. The van der Waals surface area contributed by atoms with E-state index in [2.05, 4.69) is 28.3 Å². The molecule has 5 rings (SSSR count). The molecule has 3 aromatic rings. The van der Waals surface area contributed by atoms with E-state index in [0.717, 1.165) is 42.9 Å². The SMILES string of the molecule is CNC1(C)CCN(c2ccc(-c3cc(OCC4CN(C(=O)OC(C)(C)C)CCO4)cn4ncc(C#N)c34)cn2)CC1. The van der Waals surface area contributed by atoms with E-state index >= 15 is 0 Å². The minimum absolute atomic E-state index is 0.162. The predicted octanol–water partition coefficient (Wildman–Crippen LogP) is 3.86. The molecule has 0 saturated carbocycles. The van der Waals surface area contributed by atoms with Crippen LogP contribution in [-0.4, -0.2) is 89.3 Å².